The van der Waals surface area contributed by atoms with Crippen LogP contribution in [0.25, 0.3) is 0 Å². The summed E-state index contributed by atoms with van der Waals surface area (Å²) in [5.41, 5.74) is 0.815. The van der Waals surface area contributed by atoms with Gasteiger partial charge in [0.25, 0.3) is 0 Å². The van der Waals surface area contributed by atoms with Gasteiger partial charge in [-0.1, -0.05) is 5.57 Å². The molecule has 0 bridgehead atoms. The average molecular weight is 120 g/mol. The third kappa shape index (κ3) is 3.78. The fraction of sp³-hybridized carbons (Fsp3) is 0.667. The smallest absolute Gasteiger partial charge is 0.147 e. The molecule has 0 aliphatic rings. The van der Waals surface area contributed by atoms with E-state index in [9.17, 15) is 8.78 Å². The monoisotopic (exact) mass is 120 g/mol. The van der Waals surface area contributed by atoms with Crippen LogP contribution < -0.4 is 0 Å². The van der Waals surface area contributed by atoms with Crippen molar-refractivity contribution in [3.8, 4) is 0 Å². The molecule has 0 amide bonds. The van der Waals surface area contributed by atoms with Gasteiger partial charge >= 0.3 is 0 Å². The first kappa shape index (κ1) is 7.60. The molecule has 0 radical (unpaired) electrons. The Balaban J connectivity index is 3.51. The molecule has 2 heteroatoms. The summed E-state index contributed by atoms with van der Waals surface area (Å²) < 4.78 is 23.3. The van der Waals surface area contributed by atoms with Gasteiger partial charge < -0.3 is 0 Å². The molecule has 0 saturated heterocycles. The van der Waals surface area contributed by atoms with E-state index in [0.717, 1.165) is 5.57 Å². The molecule has 0 rings (SSSR count). The Morgan fingerprint density at radius 1 is 1.62 bits per heavy atom. The highest BCUT2D eigenvalue weighted by Gasteiger charge is 1.97. The minimum Gasteiger partial charge on any atom is -0.248 e. The van der Waals surface area contributed by atoms with Crippen molar-refractivity contribution in [3.05, 3.63) is 11.6 Å². The van der Waals surface area contributed by atoms with Crippen molar-refractivity contribution in [2.75, 3.05) is 6.67 Å². The summed E-state index contributed by atoms with van der Waals surface area (Å²) in [5, 5.41) is 0. The van der Waals surface area contributed by atoms with Crippen molar-refractivity contribution < 1.29 is 8.78 Å². The van der Waals surface area contributed by atoms with E-state index in [1.165, 1.54) is 6.08 Å². The summed E-state index contributed by atoms with van der Waals surface area (Å²) in [6, 6.07) is 0. The zero-order valence-electron chi connectivity index (χ0n) is 5.12. The highest BCUT2D eigenvalue weighted by molar-refractivity contribution is 4.97. The van der Waals surface area contributed by atoms with E-state index in [0.29, 0.717) is 0 Å². The van der Waals surface area contributed by atoms with Crippen LogP contribution in [0.2, 0.25) is 0 Å². The predicted molar refractivity (Wildman–Crippen MR) is 30.3 cm³/mol. The third-order valence-electron chi connectivity index (χ3n) is 0.662. The van der Waals surface area contributed by atoms with Gasteiger partial charge in [-0.3, -0.25) is 0 Å². The van der Waals surface area contributed by atoms with Crippen LogP contribution in [0.5, 0.6) is 0 Å². The lowest BCUT2D eigenvalue weighted by Crippen LogP contribution is -1.96. The molecule has 0 heterocycles. The minimum atomic E-state index is -1.40. The largest absolute Gasteiger partial charge is 0.248 e. The molecule has 1 unspecified atom stereocenters. The van der Waals surface area contributed by atoms with Gasteiger partial charge in [-0.15, -0.1) is 0 Å². The molecule has 0 spiro atoms. The van der Waals surface area contributed by atoms with Gasteiger partial charge in [0.1, 0.15) is 12.8 Å². The molecule has 0 N–H and O–H groups in total. The minimum absolute atomic E-state index is 0.815. The fourth-order valence-electron chi connectivity index (χ4n) is 0.406. The third-order valence-corrected chi connectivity index (χ3v) is 0.662. The number of allylic oxidation sites excluding steroid dienone is 2. The van der Waals surface area contributed by atoms with E-state index in [-0.39, 0.29) is 0 Å². The molecule has 8 heavy (non-hydrogen) atoms. The molecule has 0 aromatic carbocycles. The van der Waals surface area contributed by atoms with Crippen LogP contribution in [0.15, 0.2) is 11.6 Å². The SMILES string of the molecule is CC(C)=CC(F)CF. The Hall–Kier alpha value is -0.400. The Kier molecular flexibility index (Phi) is 3.40. The van der Waals surface area contributed by atoms with E-state index in [1.807, 2.05) is 0 Å². The van der Waals surface area contributed by atoms with Crippen LogP contribution >= 0.6 is 0 Å². The van der Waals surface area contributed by atoms with Crippen molar-refractivity contribution in [1.29, 1.82) is 0 Å². The maximum atomic E-state index is 11.9. The molecular weight excluding hydrogens is 110 g/mol. The summed E-state index contributed by atoms with van der Waals surface area (Å²) in [6.07, 6.45) is -0.139. The second-order valence-electron chi connectivity index (χ2n) is 1.91. The average Bonchev–Trinajstić information content (AvgIpc) is 1.65. The standard InChI is InChI=1S/C6H10F2/c1-5(2)3-6(8)4-7/h3,6H,4H2,1-2H3. The lowest BCUT2D eigenvalue weighted by molar-refractivity contribution is 0.309. The molecule has 0 nitrogen and oxygen atoms in total. The number of rotatable bonds is 2. The Morgan fingerprint density at radius 2 is 2.12 bits per heavy atom. The quantitative estimate of drug-likeness (QED) is 0.490. The molecule has 1 atom stereocenters. The summed E-state index contributed by atoms with van der Waals surface area (Å²) in [7, 11) is 0. The lowest BCUT2D eigenvalue weighted by atomic mass is 10.3. The van der Waals surface area contributed by atoms with Crippen molar-refractivity contribution in [1.82, 2.24) is 0 Å². The first-order chi connectivity index (χ1) is 3.66. The molecule has 0 fully saturated rings. The van der Waals surface area contributed by atoms with E-state index in [4.69, 9.17) is 0 Å². The van der Waals surface area contributed by atoms with Crippen molar-refractivity contribution in [2.24, 2.45) is 0 Å². The van der Waals surface area contributed by atoms with Crippen LogP contribution in [0, 0.1) is 0 Å². The van der Waals surface area contributed by atoms with Crippen molar-refractivity contribution in [2.45, 2.75) is 20.0 Å². The van der Waals surface area contributed by atoms with Gasteiger partial charge in [0.15, 0.2) is 0 Å². The predicted octanol–water partition coefficient (Wildman–Crippen LogP) is 2.26. The molecule has 0 aromatic heterocycles. The molecule has 0 saturated carbocycles. The highest BCUT2D eigenvalue weighted by atomic mass is 19.2. The van der Waals surface area contributed by atoms with E-state index < -0.39 is 12.8 Å². The second-order valence-corrected chi connectivity index (χ2v) is 1.91. The summed E-state index contributed by atoms with van der Waals surface area (Å²) in [4.78, 5) is 0. The molecule has 0 aliphatic carbocycles. The van der Waals surface area contributed by atoms with Crippen LogP contribution in [-0.2, 0) is 0 Å². The van der Waals surface area contributed by atoms with Crippen LogP contribution in [-0.4, -0.2) is 12.8 Å². The van der Waals surface area contributed by atoms with Crippen LogP contribution in [0.1, 0.15) is 13.8 Å². The van der Waals surface area contributed by atoms with Gasteiger partial charge in [0.2, 0.25) is 0 Å². The maximum absolute atomic E-state index is 11.9. The fourth-order valence-corrected chi connectivity index (χ4v) is 0.406. The van der Waals surface area contributed by atoms with Gasteiger partial charge in [0.05, 0.1) is 0 Å². The molecule has 48 valence electrons. The van der Waals surface area contributed by atoms with Gasteiger partial charge in [-0.05, 0) is 19.9 Å². The van der Waals surface area contributed by atoms with Gasteiger partial charge in [0, 0.05) is 0 Å². The van der Waals surface area contributed by atoms with Crippen molar-refractivity contribution >= 4 is 0 Å². The zero-order chi connectivity index (χ0) is 6.57. The molecule has 0 aromatic rings. The van der Waals surface area contributed by atoms with Crippen molar-refractivity contribution in [3.63, 3.8) is 0 Å². The Labute approximate surface area is 48.2 Å². The second kappa shape index (κ2) is 3.58. The first-order valence-corrected chi connectivity index (χ1v) is 2.52. The van der Waals surface area contributed by atoms with E-state index in [2.05, 4.69) is 0 Å². The van der Waals surface area contributed by atoms with Gasteiger partial charge in [-0.25, -0.2) is 8.78 Å². The topological polar surface area (TPSA) is 0 Å². The lowest BCUT2D eigenvalue weighted by Gasteiger charge is -1.93. The van der Waals surface area contributed by atoms with E-state index >= 15 is 0 Å². The normalized spacial score (nSPS) is 13.0. The Bertz CT molecular complexity index is 82.5. The molecular formula is C6H10F2. The maximum Gasteiger partial charge on any atom is 0.147 e. The number of hydrogen-bond acceptors (Lipinski definition) is 0. The van der Waals surface area contributed by atoms with Gasteiger partial charge in [-0.2, -0.15) is 0 Å². The summed E-state index contributed by atoms with van der Waals surface area (Å²) >= 11 is 0. The number of halogens is 2. The number of hydrogen-bond donors (Lipinski definition) is 0. The summed E-state index contributed by atoms with van der Waals surface area (Å²) in [6.45, 7) is 2.57. The Morgan fingerprint density at radius 3 is 2.25 bits per heavy atom. The summed E-state index contributed by atoms with van der Waals surface area (Å²) in [5.74, 6) is 0. The highest BCUT2D eigenvalue weighted by Crippen LogP contribution is 1.98. The van der Waals surface area contributed by atoms with E-state index in [1.54, 1.807) is 13.8 Å². The van der Waals surface area contributed by atoms with Crippen LogP contribution in [0.3, 0.4) is 0 Å². The first-order valence-electron chi connectivity index (χ1n) is 2.52. The zero-order valence-corrected chi connectivity index (χ0v) is 5.12. The van der Waals surface area contributed by atoms with Crippen LogP contribution in [0.4, 0.5) is 8.78 Å². The number of alkyl halides is 2. The molecule has 0 aliphatic heterocycles.